The molecule has 1 aromatic rings. The Bertz CT molecular complexity index is 439. The molecule has 120 valence electrons. The third kappa shape index (κ3) is 3.78. The van der Waals surface area contributed by atoms with Crippen molar-refractivity contribution in [3.63, 3.8) is 0 Å². The largest absolute Gasteiger partial charge is 0.496 e. The van der Waals surface area contributed by atoms with E-state index in [0.29, 0.717) is 6.04 Å². The summed E-state index contributed by atoms with van der Waals surface area (Å²) in [4.78, 5) is 2.37. The number of hydrogen-bond donors (Lipinski definition) is 1. The molecule has 0 aliphatic carbocycles. The Morgan fingerprint density at radius 1 is 1.24 bits per heavy atom. The molecule has 3 nitrogen and oxygen atoms in total. The van der Waals surface area contributed by atoms with Gasteiger partial charge in [-0.1, -0.05) is 31.5 Å². The first-order valence-corrected chi connectivity index (χ1v) is 7.93. The van der Waals surface area contributed by atoms with Crippen LogP contribution in [0.4, 0.5) is 0 Å². The molecule has 0 heterocycles. The third-order valence-corrected chi connectivity index (χ3v) is 4.97. The van der Waals surface area contributed by atoms with Crippen molar-refractivity contribution in [1.29, 1.82) is 0 Å². The molecule has 0 spiro atoms. The Hall–Kier alpha value is -1.06. The summed E-state index contributed by atoms with van der Waals surface area (Å²) in [5, 5.41) is 3.55. The molecule has 0 saturated carbocycles. The maximum Gasteiger partial charge on any atom is 0.122 e. The summed E-state index contributed by atoms with van der Waals surface area (Å²) in [6.07, 6.45) is 3.22. The van der Waals surface area contributed by atoms with Gasteiger partial charge in [0.05, 0.1) is 7.11 Å². The van der Waals surface area contributed by atoms with Crippen molar-refractivity contribution in [1.82, 2.24) is 10.2 Å². The average molecular weight is 292 g/mol. The Balaban J connectivity index is 3.14. The Morgan fingerprint density at radius 3 is 2.29 bits per heavy atom. The van der Waals surface area contributed by atoms with E-state index in [9.17, 15) is 0 Å². The minimum atomic E-state index is 0.156. The molecule has 1 unspecified atom stereocenters. The van der Waals surface area contributed by atoms with Crippen LogP contribution in [0.15, 0.2) is 18.2 Å². The maximum absolute atomic E-state index is 5.54. The normalized spacial score (nSPS) is 13.5. The van der Waals surface area contributed by atoms with Gasteiger partial charge in [-0.15, -0.1) is 0 Å². The quantitative estimate of drug-likeness (QED) is 0.796. The summed E-state index contributed by atoms with van der Waals surface area (Å²) in [5.41, 5.74) is 2.72. The molecule has 0 bridgehead atoms. The zero-order chi connectivity index (χ0) is 16.0. The van der Waals surface area contributed by atoms with Crippen LogP contribution in [0.1, 0.15) is 37.8 Å². The van der Waals surface area contributed by atoms with Crippen molar-refractivity contribution in [2.45, 2.75) is 51.6 Å². The van der Waals surface area contributed by atoms with Crippen molar-refractivity contribution in [2.24, 2.45) is 0 Å². The first-order chi connectivity index (χ1) is 9.94. The lowest BCUT2D eigenvalue weighted by molar-refractivity contribution is 0.0915. The van der Waals surface area contributed by atoms with Gasteiger partial charge in [-0.25, -0.2) is 0 Å². The van der Waals surface area contributed by atoms with Crippen LogP contribution >= 0.6 is 0 Å². The van der Waals surface area contributed by atoms with Crippen LogP contribution in [0.25, 0.3) is 0 Å². The van der Waals surface area contributed by atoms with Crippen LogP contribution < -0.4 is 10.1 Å². The molecule has 1 aromatic carbocycles. The van der Waals surface area contributed by atoms with Gasteiger partial charge in [0.2, 0.25) is 0 Å². The second-order valence-corrected chi connectivity index (χ2v) is 6.07. The van der Waals surface area contributed by atoms with Crippen LogP contribution in [-0.4, -0.2) is 44.7 Å². The zero-order valence-corrected chi connectivity index (χ0v) is 14.8. The molecule has 21 heavy (non-hydrogen) atoms. The molecule has 0 amide bonds. The molecular formula is C18H32N2O. The van der Waals surface area contributed by atoms with Gasteiger partial charge in [-0.2, -0.15) is 0 Å². The van der Waals surface area contributed by atoms with E-state index in [-0.39, 0.29) is 5.54 Å². The molecule has 0 fully saturated rings. The second-order valence-electron chi connectivity index (χ2n) is 6.07. The van der Waals surface area contributed by atoms with Crippen LogP contribution in [0.2, 0.25) is 0 Å². The fourth-order valence-corrected chi connectivity index (χ4v) is 3.53. The molecule has 3 heteroatoms. The standard InChI is InChI=1S/C18H32N2O/c1-8-18(9-2,20(5)6)17(19-4)13-15-12-14(3)10-11-16(15)21-7/h10-12,17,19H,8-9,13H2,1-7H3. The number of rotatable bonds is 8. The number of methoxy groups -OCH3 is 1. The van der Waals surface area contributed by atoms with Crippen molar-refractivity contribution in [2.75, 3.05) is 28.3 Å². The van der Waals surface area contributed by atoms with E-state index in [4.69, 9.17) is 4.74 Å². The molecule has 0 aliphatic heterocycles. The summed E-state index contributed by atoms with van der Waals surface area (Å²) in [6, 6.07) is 6.81. The van der Waals surface area contributed by atoms with Gasteiger partial charge in [0.1, 0.15) is 5.75 Å². The molecule has 0 radical (unpaired) electrons. The monoisotopic (exact) mass is 292 g/mol. The van der Waals surface area contributed by atoms with Crippen molar-refractivity contribution in [3.8, 4) is 5.75 Å². The predicted molar refractivity (Wildman–Crippen MR) is 91.3 cm³/mol. The minimum absolute atomic E-state index is 0.156. The molecular weight excluding hydrogens is 260 g/mol. The number of aryl methyl sites for hydroxylation is 1. The van der Waals surface area contributed by atoms with Crippen LogP contribution in [-0.2, 0) is 6.42 Å². The first kappa shape index (κ1) is 18.0. The summed E-state index contributed by atoms with van der Waals surface area (Å²) >= 11 is 0. The summed E-state index contributed by atoms with van der Waals surface area (Å²) < 4.78 is 5.54. The highest BCUT2D eigenvalue weighted by Gasteiger charge is 2.37. The average Bonchev–Trinajstić information content (AvgIpc) is 2.47. The van der Waals surface area contributed by atoms with Crippen molar-refractivity contribution >= 4 is 0 Å². The number of likely N-dealkylation sites (N-methyl/N-ethyl adjacent to an activating group) is 2. The van der Waals surface area contributed by atoms with E-state index >= 15 is 0 Å². The number of nitrogens with zero attached hydrogens (tertiary/aromatic N) is 1. The van der Waals surface area contributed by atoms with Gasteiger partial charge < -0.3 is 15.0 Å². The van der Waals surface area contributed by atoms with Gasteiger partial charge >= 0.3 is 0 Å². The van der Waals surface area contributed by atoms with Crippen molar-refractivity contribution in [3.05, 3.63) is 29.3 Å². The number of benzene rings is 1. The van der Waals surface area contributed by atoms with Gasteiger partial charge in [0.25, 0.3) is 0 Å². The Morgan fingerprint density at radius 2 is 1.86 bits per heavy atom. The van der Waals surface area contributed by atoms with Crippen LogP contribution in [0.3, 0.4) is 0 Å². The fraction of sp³-hybridized carbons (Fsp3) is 0.667. The van der Waals surface area contributed by atoms with Crippen molar-refractivity contribution < 1.29 is 4.74 Å². The lowest BCUT2D eigenvalue weighted by Crippen LogP contribution is -2.58. The topological polar surface area (TPSA) is 24.5 Å². The van der Waals surface area contributed by atoms with Crippen LogP contribution in [0.5, 0.6) is 5.75 Å². The van der Waals surface area contributed by atoms with Gasteiger partial charge in [-0.3, -0.25) is 0 Å². The molecule has 1 atom stereocenters. The highest BCUT2D eigenvalue weighted by Crippen LogP contribution is 2.30. The smallest absolute Gasteiger partial charge is 0.122 e. The molecule has 0 saturated heterocycles. The van der Waals surface area contributed by atoms with E-state index in [0.717, 1.165) is 25.0 Å². The summed E-state index contributed by atoms with van der Waals surface area (Å²) in [7, 11) is 8.19. The van der Waals surface area contributed by atoms with E-state index < -0.39 is 0 Å². The Labute approximate surface area is 130 Å². The van der Waals surface area contributed by atoms with Gasteiger partial charge in [0.15, 0.2) is 0 Å². The van der Waals surface area contributed by atoms with Gasteiger partial charge in [-0.05, 0) is 59.0 Å². The lowest BCUT2D eigenvalue weighted by Gasteiger charge is -2.45. The summed E-state index contributed by atoms with van der Waals surface area (Å²) in [6.45, 7) is 6.69. The number of ether oxygens (including phenoxy) is 1. The molecule has 1 N–H and O–H groups in total. The number of nitrogens with one attached hydrogen (secondary N) is 1. The summed E-state index contributed by atoms with van der Waals surface area (Å²) in [5.74, 6) is 0.987. The van der Waals surface area contributed by atoms with E-state index in [1.807, 2.05) is 0 Å². The minimum Gasteiger partial charge on any atom is -0.496 e. The lowest BCUT2D eigenvalue weighted by atomic mass is 9.80. The first-order valence-electron chi connectivity index (χ1n) is 7.93. The number of hydrogen-bond acceptors (Lipinski definition) is 3. The zero-order valence-electron chi connectivity index (χ0n) is 14.8. The van der Waals surface area contributed by atoms with Crippen LogP contribution in [0, 0.1) is 6.92 Å². The highest BCUT2D eigenvalue weighted by atomic mass is 16.5. The highest BCUT2D eigenvalue weighted by molar-refractivity contribution is 5.37. The molecule has 0 aromatic heterocycles. The van der Waals surface area contributed by atoms with E-state index in [1.54, 1.807) is 7.11 Å². The maximum atomic E-state index is 5.54. The second kappa shape index (κ2) is 7.81. The predicted octanol–water partition coefficient (Wildman–Crippen LogP) is 3.25. The van der Waals surface area contributed by atoms with E-state index in [1.165, 1.54) is 11.1 Å². The SMILES string of the molecule is CCC(CC)(C(Cc1cc(C)ccc1OC)NC)N(C)C. The van der Waals surface area contributed by atoms with E-state index in [2.05, 4.69) is 70.3 Å². The van der Waals surface area contributed by atoms with Gasteiger partial charge in [0, 0.05) is 11.6 Å². The Kier molecular flexibility index (Phi) is 6.69. The fourth-order valence-electron chi connectivity index (χ4n) is 3.53. The third-order valence-electron chi connectivity index (χ3n) is 4.97. The molecule has 0 aliphatic rings. The molecule has 1 rings (SSSR count).